The van der Waals surface area contributed by atoms with Gasteiger partial charge in [-0.3, -0.25) is 0 Å². The fraction of sp³-hybridized carbons (Fsp3) is 0.417. The van der Waals surface area contributed by atoms with Gasteiger partial charge in [-0.25, -0.2) is 8.78 Å². The van der Waals surface area contributed by atoms with Gasteiger partial charge >= 0.3 is 0 Å². The van der Waals surface area contributed by atoms with Crippen molar-refractivity contribution < 1.29 is 8.78 Å². The van der Waals surface area contributed by atoms with E-state index >= 15 is 0 Å². The molecule has 1 N–H and O–H groups in total. The van der Waals surface area contributed by atoms with E-state index in [1.54, 1.807) is 6.08 Å². The molecule has 0 spiro atoms. The molecule has 0 saturated carbocycles. The number of hydrogen-bond donors (Lipinski definition) is 1. The van der Waals surface area contributed by atoms with Gasteiger partial charge in [-0.2, -0.15) is 0 Å². The standard InChI is InChI=1S/C24H30F2N2/c1-15-16(2)22-17(3)23(5,6)10-11-28(22)14-20(15)18(4)27-13-19-8-9-24(7,26)12-21(19)25/h8,12,14,27H,1,3-4,9-11,13H2,2,5-7H3. The fourth-order valence-corrected chi connectivity index (χ4v) is 3.86. The van der Waals surface area contributed by atoms with Gasteiger partial charge in [0.15, 0.2) is 0 Å². The van der Waals surface area contributed by atoms with E-state index in [1.807, 2.05) is 0 Å². The fourth-order valence-electron chi connectivity index (χ4n) is 3.86. The molecule has 1 unspecified atom stereocenters. The van der Waals surface area contributed by atoms with Crippen molar-refractivity contribution in [3.63, 3.8) is 0 Å². The number of hydrogen-bond acceptors (Lipinski definition) is 2. The maximum Gasteiger partial charge on any atom is 0.132 e. The summed E-state index contributed by atoms with van der Waals surface area (Å²) in [5, 5.41) is 3.19. The van der Waals surface area contributed by atoms with E-state index in [-0.39, 0.29) is 18.4 Å². The van der Waals surface area contributed by atoms with Crippen molar-refractivity contribution in [2.24, 2.45) is 5.41 Å². The lowest BCUT2D eigenvalue weighted by Crippen LogP contribution is -2.37. The lowest BCUT2D eigenvalue weighted by molar-refractivity contribution is 0.252. The first-order chi connectivity index (χ1) is 12.9. The number of nitrogens with one attached hydrogen (secondary N) is 1. The molecule has 2 aliphatic heterocycles. The van der Waals surface area contributed by atoms with Crippen molar-refractivity contribution in [1.29, 1.82) is 0 Å². The van der Waals surface area contributed by atoms with Crippen LogP contribution in [0.4, 0.5) is 8.78 Å². The number of rotatable bonds is 4. The zero-order valence-corrected chi connectivity index (χ0v) is 17.4. The Hall–Kier alpha value is -2.36. The quantitative estimate of drug-likeness (QED) is 0.638. The third-order valence-electron chi connectivity index (χ3n) is 6.09. The Labute approximate surface area is 167 Å². The molecule has 2 heterocycles. The first-order valence-electron chi connectivity index (χ1n) is 9.71. The van der Waals surface area contributed by atoms with E-state index in [9.17, 15) is 8.78 Å². The maximum absolute atomic E-state index is 14.1. The monoisotopic (exact) mass is 384 g/mol. The number of halogens is 2. The average Bonchev–Trinajstić information content (AvgIpc) is 2.59. The molecule has 1 atom stereocenters. The number of fused-ring (bicyclic) bond motifs is 1. The first kappa shape index (κ1) is 20.4. The third-order valence-corrected chi connectivity index (χ3v) is 6.09. The second-order valence-electron chi connectivity index (χ2n) is 8.84. The average molecular weight is 385 g/mol. The van der Waals surface area contributed by atoms with Crippen LogP contribution in [0.3, 0.4) is 0 Å². The highest BCUT2D eigenvalue weighted by molar-refractivity contribution is 5.60. The molecule has 0 aromatic heterocycles. The Kier molecular flexibility index (Phi) is 5.03. The number of allylic oxidation sites excluding steroid dienone is 5. The van der Waals surface area contributed by atoms with Crippen LogP contribution in [0.1, 0.15) is 40.5 Å². The van der Waals surface area contributed by atoms with Gasteiger partial charge in [-0.05, 0) is 48.5 Å². The predicted octanol–water partition coefficient (Wildman–Crippen LogP) is 6.02. The van der Waals surface area contributed by atoms with Crippen molar-refractivity contribution in [3.8, 4) is 0 Å². The van der Waals surface area contributed by atoms with Crippen LogP contribution in [0.5, 0.6) is 0 Å². The molecule has 28 heavy (non-hydrogen) atoms. The smallest absolute Gasteiger partial charge is 0.132 e. The molecule has 0 aromatic rings. The van der Waals surface area contributed by atoms with E-state index in [1.165, 1.54) is 6.92 Å². The van der Waals surface area contributed by atoms with Crippen LogP contribution in [-0.2, 0) is 0 Å². The van der Waals surface area contributed by atoms with Crippen LogP contribution in [0, 0.1) is 5.41 Å². The molecule has 0 amide bonds. The lowest BCUT2D eigenvalue weighted by Gasteiger charge is -2.44. The largest absolute Gasteiger partial charge is 0.381 e. The molecule has 1 fully saturated rings. The van der Waals surface area contributed by atoms with E-state index in [4.69, 9.17) is 0 Å². The minimum absolute atomic E-state index is 0.0657. The van der Waals surface area contributed by atoms with Crippen molar-refractivity contribution in [2.75, 3.05) is 13.1 Å². The zero-order chi connectivity index (χ0) is 20.9. The van der Waals surface area contributed by atoms with Crippen molar-refractivity contribution in [2.45, 2.75) is 46.2 Å². The van der Waals surface area contributed by atoms with Gasteiger partial charge in [0.25, 0.3) is 0 Å². The molecule has 150 valence electrons. The normalized spacial score (nSPS) is 27.1. The SMILES string of the molecule is C=C(NCC1=CCC(C)(F)C=C1F)C1=CN2CCC(C)(C)C(=C)C2=C(C)C1=C. The van der Waals surface area contributed by atoms with Gasteiger partial charge in [0, 0.05) is 48.3 Å². The van der Waals surface area contributed by atoms with Crippen LogP contribution < -0.4 is 5.32 Å². The summed E-state index contributed by atoms with van der Waals surface area (Å²) < 4.78 is 28.0. The van der Waals surface area contributed by atoms with Crippen LogP contribution in [0.15, 0.2) is 83.2 Å². The molecule has 2 nitrogen and oxygen atoms in total. The topological polar surface area (TPSA) is 15.3 Å². The lowest BCUT2D eigenvalue weighted by atomic mass is 9.74. The van der Waals surface area contributed by atoms with Gasteiger partial charge < -0.3 is 10.2 Å². The first-order valence-corrected chi connectivity index (χ1v) is 9.71. The van der Waals surface area contributed by atoms with Crippen LogP contribution in [0.2, 0.25) is 0 Å². The molecule has 1 aliphatic carbocycles. The van der Waals surface area contributed by atoms with Crippen LogP contribution >= 0.6 is 0 Å². The highest BCUT2D eigenvalue weighted by Gasteiger charge is 2.36. The van der Waals surface area contributed by atoms with Gasteiger partial charge in [0.05, 0.1) is 0 Å². The predicted molar refractivity (Wildman–Crippen MR) is 113 cm³/mol. The highest BCUT2D eigenvalue weighted by Crippen LogP contribution is 2.45. The zero-order valence-electron chi connectivity index (χ0n) is 17.4. The molecule has 3 aliphatic rings. The molecular weight excluding hydrogens is 354 g/mol. The second kappa shape index (κ2) is 6.91. The molecule has 0 bridgehead atoms. The number of piperidine rings is 1. The Bertz CT molecular complexity index is 878. The van der Waals surface area contributed by atoms with Gasteiger partial charge in [0.2, 0.25) is 0 Å². The van der Waals surface area contributed by atoms with E-state index in [0.29, 0.717) is 11.3 Å². The summed E-state index contributed by atoms with van der Waals surface area (Å²) in [7, 11) is 0. The van der Waals surface area contributed by atoms with E-state index < -0.39 is 11.5 Å². The molecule has 1 saturated heterocycles. The summed E-state index contributed by atoms with van der Waals surface area (Å²) in [6, 6.07) is 0. The summed E-state index contributed by atoms with van der Waals surface area (Å²) in [6.07, 6.45) is 5.91. The molecular formula is C24H30F2N2. The highest BCUT2D eigenvalue weighted by atomic mass is 19.1. The summed E-state index contributed by atoms with van der Waals surface area (Å²) in [6.45, 7) is 21.8. The third kappa shape index (κ3) is 3.65. The summed E-state index contributed by atoms with van der Waals surface area (Å²) in [5.41, 5.74) is 4.75. The van der Waals surface area contributed by atoms with Crippen LogP contribution in [-0.4, -0.2) is 23.7 Å². The molecule has 4 heteroatoms. The number of nitrogens with zero attached hydrogens (tertiary/aromatic N) is 1. The Morgan fingerprint density at radius 3 is 2.61 bits per heavy atom. The van der Waals surface area contributed by atoms with Crippen molar-refractivity contribution >= 4 is 0 Å². The minimum Gasteiger partial charge on any atom is -0.381 e. The van der Waals surface area contributed by atoms with E-state index in [2.05, 4.69) is 56.9 Å². The second-order valence-corrected chi connectivity index (χ2v) is 8.84. The Morgan fingerprint density at radius 2 is 1.96 bits per heavy atom. The summed E-state index contributed by atoms with van der Waals surface area (Å²) >= 11 is 0. The summed E-state index contributed by atoms with van der Waals surface area (Å²) in [5.74, 6) is -0.513. The van der Waals surface area contributed by atoms with Gasteiger partial charge in [-0.15, -0.1) is 0 Å². The Balaban J connectivity index is 1.74. The van der Waals surface area contributed by atoms with Gasteiger partial charge in [-0.1, -0.05) is 39.7 Å². The van der Waals surface area contributed by atoms with Gasteiger partial charge in [0.1, 0.15) is 11.5 Å². The number of alkyl halides is 1. The summed E-state index contributed by atoms with van der Waals surface area (Å²) in [4.78, 5) is 2.22. The maximum atomic E-state index is 14.1. The molecule has 3 rings (SSSR count). The van der Waals surface area contributed by atoms with Crippen molar-refractivity contribution in [3.05, 3.63) is 83.2 Å². The Morgan fingerprint density at radius 1 is 1.29 bits per heavy atom. The van der Waals surface area contributed by atoms with Crippen molar-refractivity contribution in [1.82, 2.24) is 10.2 Å². The molecule has 0 radical (unpaired) electrons. The van der Waals surface area contributed by atoms with Crippen LogP contribution in [0.25, 0.3) is 0 Å². The molecule has 0 aromatic carbocycles. The van der Waals surface area contributed by atoms with E-state index in [0.717, 1.165) is 47.0 Å². The minimum atomic E-state index is -1.62.